The van der Waals surface area contributed by atoms with E-state index >= 15 is 0 Å². The summed E-state index contributed by atoms with van der Waals surface area (Å²) in [5.41, 5.74) is -1.63. The van der Waals surface area contributed by atoms with Gasteiger partial charge in [-0.05, 0) is 12.1 Å². The normalized spacial score (nSPS) is 11.1. The molecule has 1 aromatic rings. The lowest BCUT2D eigenvalue weighted by atomic mass is 10.1. The van der Waals surface area contributed by atoms with Gasteiger partial charge in [0.15, 0.2) is 0 Å². The molecule has 14 heavy (non-hydrogen) atoms. The fraction of sp³-hybridized carbons (Fsp3) is 0.222. The topological polar surface area (TPSA) is 23.8 Å². The lowest BCUT2D eigenvalue weighted by Gasteiger charge is -2.11. The van der Waals surface area contributed by atoms with Crippen LogP contribution in [-0.4, -0.2) is 0 Å². The highest BCUT2D eigenvalue weighted by atomic mass is 19.3. The highest BCUT2D eigenvalue weighted by Crippen LogP contribution is 2.30. The van der Waals surface area contributed by atoms with Crippen LogP contribution in [0.25, 0.3) is 0 Å². The molecule has 0 aliphatic carbocycles. The van der Waals surface area contributed by atoms with Gasteiger partial charge in [-0.15, -0.1) is 0 Å². The summed E-state index contributed by atoms with van der Waals surface area (Å²) in [5, 5.41) is 8.29. The molecule has 74 valence electrons. The van der Waals surface area contributed by atoms with Crippen LogP contribution in [0.5, 0.6) is 0 Å². The number of nitrogens with zero attached hydrogens (tertiary/aromatic N) is 1. The molecule has 0 aliphatic heterocycles. The van der Waals surface area contributed by atoms with Crippen molar-refractivity contribution in [3.63, 3.8) is 0 Å². The fourth-order valence-corrected chi connectivity index (χ4v) is 0.969. The third-order valence-corrected chi connectivity index (χ3v) is 1.65. The number of alkyl halides is 2. The van der Waals surface area contributed by atoms with Crippen LogP contribution in [0.3, 0.4) is 0 Å². The average Bonchev–Trinajstić information content (AvgIpc) is 2.06. The van der Waals surface area contributed by atoms with E-state index in [2.05, 4.69) is 0 Å². The molecule has 0 amide bonds. The van der Waals surface area contributed by atoms with Gasteiger partial charge in [-0.2, -0.15) is 5.26 Å². The second kappa shape index (κ2) is 3.29. The number of rotatable bonds is 1. The first-order valence-corrected chi connectivity index (χ1v) is 3.63. The lowest BCUT2D eigenvalue weighted by Crippen LogP contribution is -2.11. The summed E-state index contributed by atoms with van der Waals surface area (Å²) in [6, 6.07) is 2.16. The molecule has 0 aromatic heterocycles. The van der Waals surface area contributed by atoms with Crippen LogP contribution in [0.15, 0.2) is 12.1 Å². The Hall–Kier alpha value is -1.57. The van der Waals surface area contributed by atoms with E-state index in [4.69, 9.17) is 5.26 Å². The minimum Gasteiger partial charge on any atom is -0.206 e. The van der Waals surface area contributed by atoms with Crippen molar-refractivity contribution in [1.29, 1.82) is 5.26 Å². The Balaban J connectivity index is 3.38. The van der Waals surface area contributed by atoms with Crippen LogP contribution >= 0.6 is 0 Å². The van der Waals surface area contributed by atoms with E-state index in [9.17, 15) is 17.6 Å². The highest BCUT2D eigenvalue weighted by molar-refractivity contribution is 5.36. The van der Waals surface area contributed by atoms with E-state index < -0.39 is 28.7 Å². The molecular weight excluding hydrogens is 198 g/mol. The highest BCUT2D eigenvalue weighted by Gasteiger charge is 2.29. The smallest absolute Gasteiger partial charge is 0.206 e. The van der Waals surface area contributed by atoms with Gasteiger partial charge in [-0.25, -0.2) is 17.6 Å². The molecule has 0 unspecified atom stereocenters. The van der Waals surface area contributed by atoms with Crippen molar-refractivity contribution < 1.29 is 17.6 Å². The average molecular weight is 203 g/mol. The summed E-state index contributed by atoms with van der Waals surface area (Å²) in [5.74, 6) is -5.89. The fourth-order valence-electron chi connectivity index (χ4n) is 0.969. The van der Waals surface area contributed by atoms with E-state index in [-0.39, 0.29) is 0 Å². The molecule has 0 spiro atoms. The van der Waals surface area contributed by atoms with Crippen molar-refractivity contribution in [2.24, 2.45) is 0 Å². The molecule has 0 saturated carbocycles. The number of benzene rings is 1. The summed E-state index contributed by atoms with van der Waals surface area (Å²) in [6.45, 7) is 0.455. The Morgan fingerprint density at radius 2 is 1.79 bits per heavy atom. The molecule has 0 N–H and O–H groups in total. The predicted octanol–water partition coefficient (Wildman–Crippen LogP) is 2.95. The van der Waals surface area contributed by atoms with Gasteiger partial charge >= 0.3 is 0 Å². The molecule has 0 radical (unpaired) electrons. The molecule has 0 aliphatic rings. The van der Waals surface area contributed by atoms with E-state index in [0.717, 1.165) is 0 Å². The zero-order valence-electron chi connectivity index (χ0n) is 7.11. The summed E-state index contributed by atoms with van der Waals surface area (Å²) in [6.07, 6.45) is 0. The number of halogens is 4. The first-order chi connectivity index (χ1) is 6.36. The SMILES string of the molecule is CC(F)(F)c1cc(F)c(C#N)cc1F. The van der Waals surface area contributed by atoms with E-state index in [1.807, 2.05) is 0 Å². The van der Waals surface area contributed by atoms with Crippen molar-refractivity contribution in [3.8, 4) is 6.07 Å². The third-order valence-electron chi connectivity index (χ3n) is 1.65. The molecule has 1 aromatic carbocycles. The van der Waals surface area contributed by atoms with Gasteiger partial charge in [0.25, 0.3) is 5.92 Å². The van der Waals surface area contributed by atoms with Crippen LogP contribution in [-0.2, 0) is 5.92 Å². The first kappa shape index (κ1) is 10.5. The van der Waals surface area contributed by atoms with Crippen molar-refractivity contribution >= 4 is 0 Å². The van der Waals surface area contributed by atoms with Crippen molar-refractivity contribution in [2.45, 2.75) is 12.8 Å². The van der Waals surface area contributed by atoms with Gasteiger partial charge in [-0.3, -0.25) is 0 Å². The zero-order valence-corrected chi connectivity index (χ0v) is 7.11. The van der Waals surface area contributed by atoms with Crippen molar-refractivity contribution in [2.75, 3.05) is 0 Å². The van der Waals surface area contributed by atoms with Gasteiger partial charge in [-0.1, -0.05) is 0 Å². The van der Waals surface area contributed by atoms with Gasteiger partial charge in [0.05, 0.1) is 11.1 Å². The minimum atomic E-state index is -3.46. The lowest BCUT2D eigenvalue weighted by molar-refractivity contribution is 0.0134. The number of hydrogen-bond acceptors (Lipinski definition) is 1. The monoisotopic (exact) mass is 203 g/mol. The summed E-state index contributed by atoms with van der Waals surface area (Å²) < 4.78 is 51.0. The minimum absolute atomic E-state index is 0.341. The Morgan fingerprint density at radius 3 is 2.21 bits per heavy atom. The predicted molar refractivity (Wildman–Crippen MR) is 40.6 cm³/mol. The van der Waals surface area contributed by atoms with Crippen molar-refractivity contribution in [3.05, 3.63) is 34.9 Å². The largest absolute Gasteiger partial charge is 0.273 e. The Labute approximate surface area is 77.6 Å². The molecule has 0 fully saturated rings. The summed E-state index contributed by atoms with van der Waals surface area (Å²) in [4.78, 5) is 0. The molecule has 5 heteroatoms. The van der Waals surface area contributed by atoms with Gasteiger partial charge in [0.1, 0.15) is 17.7 Å². The van der Waals surface area contributed by atoms with Crippen LogP contribution in [0.2, 0.25) is 0 Å². The Bertz CT molecular complexity index is 400. The maximum absolute atomic E-state index is 12.9. The van der Waals surface area contributed by atoms with Crippen LogP contribution in [0.4, 0.5) is 17.6 Å². The maximum Gasteiger partial charge on any atom is 0.273 e. The van der Waals surface area contributed by atoms with Crippen LogP contribution in [0.1, 0.15) is 18.1 Å². The van der Waals surface area contributed by atoms with Crippen molar-refractivity contribution in [1.82, 2.24) is 0 Å². The van der Waals surface area contributed by atoms with Gasteiger partial charge in [0, 0.05) is 6.92 Å². The molecular formula is C9H5F4N. The second-order valence-corrected chi connectivity index (χ2v) is 2.81. The molecule has 0 atom stereocenters. The number of hydrogen-bond donors (Lipinski definition) is 0. The Kier molecular flexibility index (Phi) is 2.47. The maximum atomic E-state index is 12.9. The molecule has 0 heterocycles. The molecule has 1 nitrogen and oxygen atoms in total. The second-order valence-electron chi connectivity index (χ2n) is 2.81. The molecule has 1 rings (SSSR count). The van der Waals surface area contributed by atoms with E-state index in [1.54, 1.807) is 0 Å². The number of nitriles is 1. The zero-order chi connectivity index (χ0) is 10.9. The van der Waals surface area contributed by atoms with Gasteiger partial charge < -0.3 is 0 Å². The van der Waals surface area contributed by atoms with E-state index in [1.165, 1.54) is 6.07 Å². The molecule has 0 saturated heterocycles. The third kappa shape index (κ3) is 1.84. The summed E-state index contributed by atoms with van der Waals surface area (Å²) >= 11 is 0. The van der Waals surface area contributed by atoms with Crippen LogP contribution < -0.4 is 0 Å². The summed E-state index contributed by atoms with van der Waals surface area (Å²) in [7, 11) is 0. The molecule has 0 bridgehead atoms. The van der Waals surface area contributed by atoms with Gasteiger partial charge in [0.2, 0.25) is 0 Å². The standard InChI is InChI=1S/C9H5F4N/c1-9(12,13)6-3-7(10)5(4-14)2-8(6)11/h2-3H,1H3. The van der Waals surface area contributed by atoms with E-state index in [0.29, 0.717) is 19.1 Å². The van der Waals surface area contributed by atoms with Crippen LogP contribution in [0, 0.1) is 23.0 Å². The quantitative estimate of drug-likeness (QED) is 0.643. The Morgan fingerprint density at radius 1 is 1.21 bits per heavy atom. The first-order valence-electron chi connectivity index (χ1n) is 3.63.